The van der Waals surface area contributed by atoms with Gasteiger partial charge in [-0.3, -0.25) is 0 Å². The zero-order chi connectivity index (χ0) is 5.40. The highest BCUT2D eigenvalue weighted by Crippen LogP contribution is 2.04. The Morgan fingerprint density at radius 2 is 2.62 bits per heavy atom. The molecule has 0 saturated carbocycles. The molecule has 0 saturated heterocycles. The minimum absolute atomic E-state index is 0.949. The quantitative estimate of drug-likeness (QED) is 0.521. The topological polar surface area (TPSA) is 30.2 Å². The van der Waals surface area contributed by atoms with Gasteiger partial charge >= 0.3 is 0 Å². The van der Waals surface area contributed by atoms with E-state index in [4.69, 9.17) is 0 Å². The molecule has 0 fully saturated rings. The highest BCUT2D eigenvalue weighted by Gasteiger charge is 1.90. The highest BCUT2D eigenvalue weighted by molar-refractivity contribution is 7.15. The van der Waals surface area contributed by atoms with Crippen LogP contribution >= 0.6 is 11.3 Å². The zero-order valence-electron chi connectivity index (χ0n) is 3.98. The van der Waals surface area contributed by atoms with Crippen LogP contribution in [0.5, 0.6) is 0 Å². The summed E-state index contributed by atoms with van der Waals surface area (Å²) in [5.74, 6) is 0. The van der Waals surface area contributed by atoms with Crippen LogP contribution in [0.2, 0.25) is 0 Å². The smallest absolute Gasteiger partial charge is 0.211 e. The Morgan fingerprint density at radius 1 is 1.62 bits per heavy atom. The summed E-state index contributed by atoms with van der Waals surface area (Å²) >= 11 is 1.58. The van der Waals surface area contributed by atoms with Crippen molar-refractivity contribution in [3.8, 4) is 0 Å². The molecule has 8 heavy (non-hydrogen) atoms. The molecule has 2 aromatic rings. The lowest BCUT2D eigenvalue weighted by Gasteiger charge is -1.69. The van der Waals surface area contributed by atoms with Crippen LogP contribution in [0.15, 0.2) is 17.9 Å². The molecule has 0 radical (unpaired) electrons. The normalized spacial score (nSPS) is 10.5. The van der Waals surface area contributed by atoms with E-state index in [0.717, 1.165) is 4.96 Å². The second kappa shape index (κ2) is 1.29. The minimum atomic E-state index is 0.949. The summed E-state index contributed by atoms with van der Waals surface area (Å²) in [6, 6.07) is 0. The molecule has 0 amide bonds. The number of hydrogen-bond acceptors (Lipinski definition) is 3. The van der Waals surface area contributed by atoms with Crippen molar-refractivity contribution in [2.75, 3.05) is 0 Å². The molecule has 0 aliphatic carbocycles. The number of nitrogens with zero attached hydrogens (tertiary/aromatic N) is 3. The second-order valence-corrected chi connectivity index (χ2v) is 2.26. The van der Waals surface area contributed by atoms with Crippen LogP contribution in [-0.2, 0) is 0 Å². The molecule has 0 aromatic carbocycles. The van der Waals surface area contributed by atoms with Crippen LogP contribution in [0, 0.1) is 0 Å². The van der Waals surface area contributed by atoms with Gasteiger partial charge in [-0.2, -0.15) is 5.10 Å². The first-order valence-electron chi connectivity index (χ1n) is 2.19. The minimum Gasteiger partial charge on any atom is -0.211 e. The molecule has 0 aliphatic rings. The molecule has 4 heteroatoms. The molecule has 2 heterocycles. The van der Waals surface area contributed by atoms with Gasteiger partial charge < -0.3 is 0 Å². The van der Waals surface area contributed by atoms with Crippen LogP contribution in [-0.4, -0.2) is 14.6 Å². The molecule has 2 rings (SSSR count). The van der Waals surface area contributed by atoms with Crippen molar-refractivity contribution < 1.29 is 0 Å². The first-order valence-corrected chi connectivity index (χ1v) is 3.07. The fourth-order valence-electron chi connectivity index (χ4n) is 0.575. The van der Waals surface area contributed by atoms with Crippen LogP contribution in [0.25, 0.3) is 4.96 Å². The monoisotopic (exact) mass is 125 g/mol. The molecule has 0 bridgehead atoms. The fourth-order valence-corrected chi connectivity index (χ4v) is 1.20. The summed E-state index contributed by atoms with van der Waals surface area (Å²) in [7, 11) is 0. The van der Waals surface area contributed by atoms with E-state index in [1.54, 1.807) is 22.2 Å². The summed E-state index contributed by atoms with van der Waals surface area (Å²) in [4.78, 5) is 4.90. The summed E-state index contributed by atoms with van der Waals surface area (Å²) in [5.41, 5.74) is 0. The van der Waals surface area contributed by atoms with Gasteiger partial charge in [0.1, 0.15) is 6.33 Å². The lowest BCUT2D eigenvalue weighted by atomic mass is 11.0. The van der Waals surface area contributed by atoms with E-state index in [9.17, 15) is 0 Å². The molecule has 0 unspecified atom stereocenters. The Labute approximate surface area is 49.6 Å². The van der Waals surface area contributed by atoms with Crippen LogP contribution in [0.1, 0.15) is 0 Å². The van der Waals surface area contributed by atoms with Gasteiger partial charge in [-0.05, 0) is 0 Å². The van der Waals surface area contributed by atoms with Gasteiger partial charge in [0.15, 0.2) is 0 Å². The van der Waals surface area contributed by atoms with Crippen molar-refractivity contribution in [1.29, 1.82) is 0 Å². The number of fused-ring (bicyclic) bond motifs is 1. The molecule has 0 N–H and O–H groups in total. The fraction of sp³-hybridized carbons (Fsp3) is 0. The summed E-state index contributed by atoms with van der Waals surface area (Å²) < 4.78 is 1.74. The molecule has 0 aliphatic heterocycles. The van der Waals surface area contributed by atoms with Gasteiger partial charge in [-0.15, -0.1) is 11.3 Å². The van der Waals surface area contributed by atoms with E-state index in [0.29, 0.717) is 0 Å². The summed E-state index contributed by atoms with van der Waals surface area (Å²) in [6.45, 7) is 0. The first kappa shape index (κ1) is 4.03. The molecule has 40 valence electrons. The number of thiazole rings is 1. The van der Waals surface area contributed by atoms with Crippen molar-refractivity contribution in [2.45, 2.75) is 0 Å². The van der Waals surface area contributed by atoms with E-state index in [1.165, 1.54) is 0 Å². The van der Waals surface area contributed by atoms with Gasteiger partial charge in [0, 0.05) is 11.6 Å². The molecular weight excluding hydrogens is 122 g/mol. The number of hydrogen-bond donors (Lipinski definition) is 0. The van der Waals surface area contributed by atoms with E-state index < -0.39 is 0 Å². The first-order chi connectivity index (χ1) is 3.97. The molecule has 0 atom stereocenters. The molecule has 0 spiro atoms. The predicted octanol–water partition coefficient (Wildman–Crippen LogP) is 0.791. The van der Waals surface area contributed by atoms with Gasteiger partial charge in [0.2, 0.25) is 4.96 Å². The van der Waals surface area contributed by atoms with Crippen LogP contribution in [0.4, 0.5) is 0 Å². The number of rotatable bonds is 0. The van der Waals surface area contributed by atoms with E-state index >= 15 is 0 Å². The maximum absolute atomic E-state index is 3.95. The van der Waals surface area contributed by atoms with Crippen molar-refractivity contribution in [3.63, 3.8) is 0 Å². The Balaban J connectivity index is 3.06. The van der Waals surface area contributed by atoms with Crippen molar-refractivity contribution in [2.24, 2.45) is 0 Å². The summed E-state index contributed by atoms with van der Waals surface area (Å²) in [5, 5.41) is 5.85. The lowest BCUT2D eigenvalue weighted by molar-refractivity contribution is 0.977. The molecular formula is C4H3N3S. The SMILES string of the molecule is c1nc2sccn2n1. The second-order valence-electron chi connectivity index (χ2n) is 1.39. The highest BCUT2D eigenvalue weighted by atomic mass is 32.1. The van der Waals surface area contributed by atoms with Crippen molar-refractivity contribution >= 4 is 16.3 Å². The zero-order valence-corrected chi connectivity index (χ0v) is 4.80. The van der Waals surface area contributed by atoms with Crippen LogP contribution in [0.3, 0.4) is 0 Å². The predicted molar refractivity (Wildman–Crippen MR) is 30.9 cm³/mol. The van der Waals surface area contributed by atoms with Crippen molar-refractivity contribution in [1.82, 2.24) is 14.6 Å². The van der Waals surface area contributed by atoms with Gasteiger partial charge in [0.05, 0.1) is 0 Å². The van der Waals surface area contributed by atoms with Gasteiger partial charge in [-0.25, -0.2) is 9.50 Å². The molecule has 2 aromatic heterocycles. The maximum Gasteiger partial charge on any atom is 0.211 e. The van der Waals surface area contributed by atoms with Gasteiger partial charge in [-0.1, -0.05) is 0 Å². The van der Waals surface area contributed by atoms with Crippen LogP contribution < -0.4 is 0 Å². The Morgan fingerprint density at radius 3 is 3.50 bits per heavy atom. The van der Waals surface area contributed by atoms with E-state index in [2.05, 4.69) is 10.1 Å². The number of aromatic nitrogens is 3. The lowest BCUT2D eigenvalue weighted by Crippen LogP contribution is -1.74. The average molecular weight is 125 g/mol. The summed E-state index contributed by atoms with van der Waals surface area (Å²) in [6.07, 6.45) is 3.43. The Hall–Kier alpha value is -0.900. The van der Waals surface area contributed by atoms with E-state index in [-0.39, 0.29) is 0 Å². The Bertz CT molecular complexity index is 233. The molecule has 3 nitrogen and oxygen atoms in total. The average Bonchev–Trinajstić information content (AvgIpc) is 2.15. The Kier molecular flexibility index (Phi) is 0.648. The third-order valence-electron chi connectivity index (χ3n) is 0.916. The third-order valence-corrected chi connectivity index (χ3v) is 1.68. The van der Waals surface area contributed by atoms with E-state index in [1.807, 2.05) is 11.6 Å². The third kappa shape index (κ3) is 0.376. The maximum atomic E-state index is 3.95. The standard InChI is InChI=1S/C4H3N3S/c1-2-8-4-5-3-6-7(1)4/h1-3H. The van der Waals surface area contributed by atoms with Gasteiger partial charge in [0.25, 0.3) is 0 Å². The largest absolute Gasteiger partial charge is 0.211 e. The van der Waals surface area contributed by atoms with Crippen molar-refractivity contribution in [3.05, 3.63) is 17.9 Å².